The van der Waals surface area contributed by atoms with Crippen molar-refractivity contribution >= 4 is 53.1 Å². The number of piperidine rings is 1. The Morgan fingerprint density at radius 3 is 1.98 bits per heavy atom. The molecule has 7 rings (SSSR count). The summed E-state index contributed by atoms with van der Waals surface area (Å²) in [5.41, 5.74) is -0.113. The van der Waals surface area contributed by atoms with Crippen molar-refractivity contribution in [2.75, 3.05) is 0 Å². The number of rotatable bonds is 4. The first-order chi connectivity index (χ1) is 19.6. The molecule has 0 radical (unpaired) electrons. The molecule has 4 aromatic carbocycles. The minimum Gasteiger partial charge on any atom is -0.290 e. The number of hydrogen-bond donors (Lipinski definition) is 0. The van der Waals surface area contributed by atoms with Gasteiger partial charge in [-0.05, 0) is 88.1 Å². The normalized spacial score (nSPS) is 18.6. The highest BCUT2D eigenvalue weighted by Crippen LogP contribution is 2.45. The molecule has 0 amide bonds. The van der Waals surface area contributed by atoms with E-state index in [0.717, 1.165) is 31.8 Å². The molecular formula is C35H34N2O3S. The lowest BCUT2D eigenvalue weighted by Crippen LogP contribution is -2.61. The standard InChI is InChI=1S/C35H34N2O3S/c1-21(22-11-7-6-8-12-22)40-37-34(2,3)19-23(20-35(37,4)5)36-32(38)26-16-15-25-24-13-9-10-14-28(24)41-29-18-17-27(33(36)39)30(26)31(25)29/h6-18,21,23H,19-20H2,1-5H3. The van der Waals surface area contributed by atoms with Crippen LogP contribution in [0.15, 0.2) is 88.5 Å². The Kier molecular flexibility index (Phi) is 5.92. The molecule has 0 N–H and O–H groups in total. The van der Waals surface area contributed by atoms with Gasteiger partial charge in [-0.2, -0.15) is 5.06 Å². The second kappa shape index (κ2) is 9.21. The van der Waals surface area contributed by atoms with Crippen molar-refractivity contribution in [1.29, 1.82) is 0 Å². The number of nitrogens with zero attached hydrogens (tertiary/aromatic N) is 2. The first-order valence-corrected chi connectivity index (χ1v) is 15.2. The van der Waals surface area contributed by atoms with Gasteiger partial charge in [-0.1, -0.05) is 54.6 Å². The number of fused-ring (bicyclic) bond motifs is 2. The van der Waals surface area contributed by atoms with E-state index in [0.29, 0.717) is 23.6 Å². The molecule has 0 bridgehead atoms. The van der Waals surface area contributed by atoms with E-state index in [4.69, 9.17) is 4.84 Å². The maximum Gasteiger partial charge on any atom is 0.261 e. The smallest absolute Gasteiger partial charge is 0.261 e. The third-order valence-electron chi connectivity index (χ3n) is 8.89. The van der Waals surface area contributed by atoms with Crippen molar-refractivity contribution in [2.45, 2.75) is 70.7 Å². The number of hydroxylamine groups is 2. The van der Waals surface area contributed by atoms with Crippen LogP contribution < -0.4 is 11.1 Å². The summed E-state index contributed by atoms with van der Waals surface area (Å²) in [6, 6.07) is 26.2. The topological polar surface area (TPSA) is 51.5 Å². The summed E-state index contributed by atoms with van der Waals surface area (Å²) in [6.07, 6.45) is 1.11. The Hall–Kier alpha value is -3.58. The summed E-state index contributed by atoms with van der Waals surface area (Å²) in [4.78, 5) is 35.0. The maximum absolute atomic E-state index is 14.2. The zero-order valence-electron chi connectivity index (χ0n) is 24.1. The molecule has 41 heavy (non-hydrogen) atoms. The van der Waals surface area contributed by atoms with Gasteiger partial charge in [-0.3, -0.25) is 19.0 Å². The molecule has 0 spiro atoms. The molecule has 1 unspecified atom stereocenters. The third kappa shape index (κ3) is 4.03. The molecule has 2 aromatic heterocycles. The zero-order chi connectivity index (χ0) is 28.7. The van der Waals surface area contributed by atoms with E-state index < -0.39 is 11.1 Å². The second-order valence-corrected chi connectivity index (χ2v) is 13.8. The van der Waals surface area contributed by atoms with Gasteiger partial charge in [0.25, 0.3) is 11.1 Å². The van der Waals surface area contributed by atoms with Gasteiger partial charge in [0.15, 0.2) is 0 Å². The molecule has 208 valence electrons. The molecule has 6 aromatic rings. The Morgan fingerprint density at radius 2 is 1.29 bits per heavy atom. The van der Waals surface area contributed by atoms with Crippen molar-refractivity contribution in [3.8, 4) is 0 Å². The molecule has 1 aliphatic heterocycles. The van der Waals surface area contributed by atoms with Crippen LogP contribution in [0, 0.1) is 0 Å². The summed E-state index contributed by atoms with van der Waals surface area (Å²) < 4.78 is 3.83. The fourth-order valence-electron chi connectivity index (χ4n) is 7.33. The van der Waals surface area contributed by atoms with Crippen LogP contribution in [0.3, 0.4) is 0 Å². The fraction of sp³-hybridized carbons (Fsp3) is 0.314. The molecule has 1 atom stereocenters. The summed E-state index contributed by atoms with van der Waals surface area (Å²) in [6.45, 7) is 10.6. The van der Waals surface area contributed by atoms with Crippen LogP contribution in [0.5, 0.6) is 0 Å². The van der Waals surface area contributed by atoms with Crippen LogP contribution in [0.1, 0.15) is 65.2 Å². The Bertz CT molecular complexity index is 2010. The molecule has 1 saturated heterocycles. The van der Waals surface area contributed by atoms with E-state index in [1.807, 2.05) is 48.5 Å². The van der Waals surface area contributed by atoms with E-state index in [1.54, 1.807) is 15.9 Å². The summed E-state index contributed by atoms with van der Waals surface area (Å²) >= 11 is 1.71. The third-order valence-corrected chi connectivity index (χ3v) is 10.0. The van der Waals surface area contributed by atoms with Gasteiger partial charge < -0.3 is 0 Å². The average Bonchev–Trinajstić information content (AvgIpc) is 2.94. The molecule has 0 aliphatic carbocycles. The van der Waals surface area contributed by atoms with Gasteiger partial charge >= 0.3 is 0 Å². The zero-order valence-corrected chi connectivity index (χ0v) is 24.9. The minimum absolute atomic E-state index is 0.126. The second-order valence-electron chi connectivity index (χ2n) is 12.7. The highest BCUT2D eigenvalue weighted by atomic mass is 32.1. The van der Waals surface area contributed by atoms with Gasteiger partial charge in [-0.25, -0.2) is 0 Å². The quantitative estimate of drug-likeness (QED) is 0.160. The molecule has 1 fully saturated rings. The monoisotopic (exact) mass is 562 g/mol. The van der Waals surface area contributed by atoms with Gasteiger partial charge in [0.2, 0.25) is 0 Å². The van der Waals surface area contributed by atoms with Gasteiger partial charge in [0, 0.05) is 48.1 Å². The highest BCUT2D eigenvalue weighted by molar-refractivity contribution is 7.25. The first-order valence-electron chi connectivity index (χ1n) is 14.3. The Morgan fingerprint density at radius 1 is 0.707 bits per heavy atom. The number of aromatic nitrogens is 1. The highest BCUT2D eigenvalue weighted by Gasteiger charge is 2.48. The van der Waals surface area contributed by atoms with E-state index in [-0.39, 0.29) is 23.3 Å². The van der Waals surface area contributed by atoms with Crippen LogP contribution in [0.2, 0.25) is 0 Å². The molecule has 3 heterocycles. The van der Waals surface area contributed by atoms with Crippen molar-refractivity contribution in [3.63, 3.8) is 0 Å². The van der Waals surface area contributed by atoms with Crippen molar-refractivity contribution in [1.82, 2.24) is 9.63 Å². The summed E-state index contributed by atoms with van der Waals surface area (Å²) in [5.74, 6) is 0. The van der Waals surface area contributed by atoms with E-state index in [2.05, 4.69) is 70.0 Å². The van der Waals surface area contributed by atoms with Crippen LogP contribution in [-0.4, -0.2) is 20.7 Å². The van der Waals surface area contributed by atoms with Gasteiger partial charge in [-0.15, -0.1) is 11.3 Å². The predicted molar refractivity (Wildman–Crippen MR) is 170 cm³/mol. The number of benzene rings is 4. The van der Waals surface area contributed by atoms with E-state index >= 15 is 0 Å². The Balaban J connectivity index is 1.35. The summed E-state index contributed by atoms with van der Waals surface area (Å²) in [5, 5.41) is 7.38. The van der Waals surface area contributed by atoms with Crippen LogP contribution in [-0.2, 0) is 4.84 Å². The molecular weight excluding hydrogens is 528 g/mol. The number of pyridine rings is 1. The van der Waals surface area contributed by atoms with Gasteiger partial charge in [0.1, 0.15) is 6.10 Å². The minimum atomic E-state index is -0.416. The lowest BCUT2D eigenvalue weighted by Gasteiger charge is -2.54. The van der Waals surface area contributed by atoms with Crippen LogP contribution in [0.4, 0.5) is 0 Å². The maximum atomic E-state index is 14.2. The average molecular weight is 563 g/mol. The molecule has 6 heteroatoms. The van der Waals surface area contributed by atoms with Crippen molar-refractivity contribution < 1.29 is 4.84 Å². The SMILES string of the molecule is CC(ON1C(C)(C)CC(n2c(=O)c3ccc4sc5ccccc5c5ccc(c2=O)c3c45)CC1(C)C)c1ccccc1. The van der Waals surface area contributed by atoms with Gasteiger partial charge in [0.05, 0.1) is 0 Å². The molecule has 1 aliphatic rings. The predicted octanol–water partition coefficient (Wildman–Crippen LogP) is 8.21. The van der Waals surface area contributed by atoms with Crippen LogP contribution in [0.25, 0.3) is 41.7 Å². The van der Waals surface area contributed by atoms with Crippen molar-refractivity contribution in [2.24, 2.45) is 0 Å². The summed E-state index contributed by atoms with van der Waals surface area (Å²) in [7, 11) is 0. The largest absolute Gasteiger partial charge is 0.290 e. The lowest BCUT2D eigenvalue weighted by molar-refractivity contribution is -0.309. The van der Waals surface area contributed by atoms with E-state index in [1.165, 1.54) is 4.70 Å². The molecule has 0 saturated carbocycles. The van der Waals surface area contributed by atoms with Crippen LogP contribution >= 0.6 is 11.3 Å². The lowest BCUT2D eigenvalue weighted by atomic mass is 9.78. The van der Waals surface area contributed by atoms with Crippen molar-refractivity contribution in [3.05, 3.63) is 105 Å². The Labute approximate surface area is 242 Å². The first kappa shape index (κ1) is 26.3. The van der Waals surface area contributed by atoms with E-state index in [9.17, 15) is 9.59 Å². The number of hydrogen-bond acceptors (Lipinski definition) is 5. The fourth-order valence-corrected chi connectivity index (χ4v) is 8.45. The molecule has 5 nitrogen and oxygen atoms in total.